The highest BCUT2D eigenvalue weighted by atomic mass is 79.9. The summed E-state index contributed by atoms with van der Waals surface area (Å²) in [6.07, 6.45) is 1.11. The fourth-order valence-electron chi connectivity index (χ4n) is 1.24. The zero-order chi connectivity index (χ0) is 8.55. The van der Waals surface area contributed by atoms with E-state index in [1.54, 1.807) is 17.8 Å². The van der Waals surface area contributed by atoms with E-state index in [-0.39, 0.29) is 17.0 Å². The first-order chi connectivity index (χ1) is 5.77. The van der Waals surface area contributed by atoms with Gasteiger partial charge in [0.15, 0.2) is 5.16 Å². The number of nitrogens with one attached hydrogen (secondary N) is 1. The minimum atomic E-state index is 0. The number of anilines is 1. The van der Waals surface area contributed by atoms with Gasteiger partial charge < -0.3 is 10.3 Å². The van der Waals surface area contributed by atoms with Gasteiger partial charge in [-0.25, -0.2) is 4.98 Å². The van der Waals surface area contributed by atoms with Gasteiger partial charge in [-0.2, -0.15) is 0 Å². The molecule has 0 aromatic carbocycles. The molecular formula is C7H11BrN4S. The molecular weight excluding hydrogens is 252 g/mol. The average molecular weight is 263 g/mol. The number of aromatic nitrogens is 2. The van der Waals surface area contributed by atoms with E-state index in [1.807, 2.05) is 4.57 Å². The Balaban J connectivity index is 0.000000845. The Labute approximate surface area is 90.8 Å². The molecule has 1 aliphatic heterocycles. The van der Waals surface area contributed by atoms with Crippen LogP contribution < -0.4 is 11.2 Å². The van der Waals surface area contributed by atoms with E-state index in [1.165, 1.54) is 0 Å². The summed E-state index contributed by atoms with van der Waals surface area (Å²) in [6, 6.07) is 1.59. The molecule has 72 valence electrons. The maximum Gasteiger partial charge on any atom is 0.171 e. The average Bonchev–Trinajstić information content (AvgIpc) is 2.04. The predicted molar refractivity (Wildman–Crippen MR) is 58.2 cm³/mol. The summed E-state index contributed by atoms with van der Waals surface area (Å²) in [5.74, 6) is 1.52. The van der Waals surface area contributed by atoms with Crippen molar-refractivity contribution in [1.82, 2.24) is 9.55 Å². The molecule has 0 amide bonds. The predicted octanol–water partition coefficient (Wildman–Crippen LogP) is 1.02. The molecule has 0 aliphatic carbocycles. The highest BCUT2D eigenvalue weighted by Gasteiger charge is 2.10. The summed E-state index contributed by atoms with van der Waals surface area (Å²) in [5.41, 5.74) is 5.99. The van der Waals surface area contributed by atoms with E-state index in [0.717, 1.165) is 23.9 Å². The molecule has 6 heteroatoms. The standard InChI is InChI=1S/C7H10N4S.BrH/c8-5-4-6(9)11-2-1-3-12-7(11)10-5;/h4,9H,1-3,8H2;1H. The van der Waals surface area contributed by atoms with Crippen LogP contribution in [0.3, 0.4) is 0 Å². The SMILES string of the molecule is Br.N=c1cc(N)nc2n1CCCS2. The van der Waals surface area contributed by atoms with Crippen LogP contribution in [0, 0.1) is 5.41 Å². The van der Waals surface area contributed by atoms with E-state index in [0.29, 0.717) is 11.3 Å². The van der Waals surface area contributed by atoms with Gasteiger partial charge in [-0.05, 0) is 6.42 Å². The number of nitrogen functional groups attached to an aromatic ring is 1. The van der Waals surface area contributed by atoms with E-state index in [4.69, 9.17) is 11.1 Å². The third-order valence-corrected chi connectivity index (χ3v) is 2.85. The van der Waals surface area contributed by atoms with Gasteiger partial charge in [0, 0.05) is 18.4 Å². The van der Waals surface area contributed by atoms with Gasteiger partial charge in [0.25, 0.3) is 0 Å². The summed E-state index contributed by atoms with van der Waals surface area (Å²) < 4.78 is 1.89. The zero-order valence-corrected chi connectivity index (χ0v) is 9.52. The van der Waals surface area contributed by atoms with E-state index < -0.39 is 0 Å². The van der Waals surface area contributed by atoms with Crippen LogP contribution in [0.1, 0.15) is 6.42 Å². The Morgan fingerprint density at radius 2 is 2.38 bits per heavy atom. The van der Waals surface area contributed by atoms with Gasteiger partial charge in [0.2, 0.25) is 0 Å². The van der Waals surface area contributed by atoms with Crippen molar-refractivity contribution in [3.63, 3.8) is 0 Å². The molecule has 2 heterocycles. The number of rotatable bonds is 0. The third-order valence-electron chi connectivity index (χ3n) is 1.79. The number of fused-ring (bicyclic) bond motifs is 1. The number of thioether (sulfide) groups is 1. The lowest BCUT2D eigenvalue weighted by atomic mass is 10.4. The summed E-state index contributed by atoms with van der Waals surface area (Å²) in [7, 11) is 0. The van der Waals surface area contributed by atoms with E-state index >= 15 is 0 Å². The molecule has 0 unspecified atom stereocenters. The normalized spacial score (nSPS) is 14.5. The Bertz CT molecular complexity index is 362. The molecule has 0 bridgehead atoms. The fraction of sp³-hybridized carbons (Fsp3) is 0.429. The summed E-state index contributed by atoms with van der Waals surface area (Å²) in [6.45, 7) is 0.897. The molecule has 0 fully saturated rings. The van der Waals surface area contributed by atoms with Crippen LogP contribution >= 0.6 is 28.7 Å². The lowest BCUT2D eigenvalue weighted by Gasteiger charge is -2.17. The first kappa shape index (κ1) is 10.6. The Hall–Kier alpha value is -0.490. The van der Waals surface area contributed by atoms with Gasteiger partial charge in [-0.3, -0.25) is 5.41 Å². The summed E-state index contributed by atoms with van der Waals surface area (Å²) in [5, 5.41) is 8.50. The van der Waals surface area contributed by atoms with Crippen molar-refractivity contribution in [3.8, 4) is 0 Å². The quantitative estimate of drug-likeness (QED) is 0.687. The largest absolute Gasteiger partial charge is 0.383 e. The maximum atomic E-state index is 7.62. The molecule has 0 radical (unpaired) electrons. The second-order valence-electron chi connectivity index (χ2n) is 2.70. The van der Waals surface area contributed by atoms with Crippen molar-refractivity contribution < 1.29 is 0 Å². The molecule has 0 saturated heterocycles. The van der Waals surface area contributed by atoms with Crippen LogP contribution in [0.25, 0.3) is 0 Å². The molecule has 1 aliphatic rings. The van der Waals surface area contributed by atoms with Gasteiger partial charge in [-0.15, -0.1) is 17.0 Å². The molecule has 0 atom stereocenters. The molecule has 4 nitrogen and oxygen atoms in total. The van der Waals surface area contributed by atoms with Crippen LogP contribution in [0.2, 0.25) is 0 Å². The Kier molecular flexibility index (Phi) is 3.38. The number of nitrogens with zero attached hydrogens (tertiary/aromatic N) is 2. The minimum absolute atomic E-state index is 0. The highest BCUT2D eigenvalue weighted by molar-refractivity contribution is 8.93. The molecule has 13 heavy (non-hydrogen) atoms. The van der Waals surface area contributed by atoms with Gasteiger partial charge >= 0.3 is 0 Å². The van der Waals surface area contributed by atoms with E-state index in [2.05, 4.69) is 4.98 Å². The van der Waals surface area contributed by atoms with Crippen molar-refractivity contribution >= 4 is 34.6 Å². The number of hydrogen-bond donors (Lipinski definition) is 2. The molecule has 3 N–H and O–H groups in total. The lowest BCUT2D eigenvalue weighted by Crippen LogP contribution is -2.26. The first-order valence-electron chi connectivity index (χ1n) is 3.82. The smallest absolute Gasteiger partial charge is 0.171 e. The summed E-state index contributed by atoms with van der Waals surface area (Å²) >= 11 is 1.67. The van der Waals surface area contributed by atoms with Gasteiger partial charge in [0.1, 0.15) is 11.3 Å². The minimum Gasteiger partial charge on any atom is -0.383 e. The highest BCUT2D eigenvalue weighted by Crippen LogP contribution is 2.20. The van der Waals surface area contributed by atoms with Crippen LogP contribution in [0.15, 0.2) is 11.2 Å². The molecule has 1 aromatic rings. The molecule has 2 rings (SSSR count). The van der Waals surface area contributed by atoms with Crippen molar-refractivity contribution in [3.05, 3.63) is 11.6 Å². The van der Waals surface area contributed by atoms with Crippen LogP contribution in [-0.4, -0.2) is 15.3 Å². The second kappa shape index (κ2) is 4.15. The van der Waals surface area contributed by atoms with Gasteiger partial charge in [0.05, 0.1) is 0 Å². The van der Waals surface area contributed by atoms with E-state index in [9.17, 15) is 0 Å². The lowest BCUT2D eigenvalue weighted by molar-refractivity contribution is 0.551. The van der Waals surface area contributed by atoms with Crippen molar-refractivity contribution in [2.24, 2.45) is 0 Å². The molecule has 0 spiro atoms. The van der Waals surface area contributed by atoms with Crippen molar-refractivity contribution in [1.29, 1.82) is 5.41 Å². The number of halogens is 1. The first-order valence-corrected chi connectivity index (χ1v) is 4.81. The van der Waals surface area contributed by atoms with Crippen molar-refractivity contribution in [2.75, 3.05) is 11.5 Å². The van der Waals surface area contributed by atoms with Crippen LogP contribution in [0.4, 0.5) is 5.82 Å². The number of nitrogens with two attached hydrogens (primary N) is 1. The van der Waals surface area contributed by atoms with Crippen LogP contribution in [0.5, 0.6) is 0 Å². The van der Waals surface area contributed by atoms with Crippen molar-refractivity contribution in [2.45, 2.75) is 18.1 Å². The molecule has 1 aromatic heterocycles. The Morgan fingerprint density at radius 3 is 3.15 bits per heavy atom. The number of hydrogen-bond acceptors (Lipinski definition) is 4. The topological polar surface area (TPSA) is 67.7 Å². The third kappa shape index (κ3) is 2.05. The Morgan fingerprint density at radius 1 is 1.62 bits per heavy atom. The fourth-order valence-corrected chi connectivity index (χ4v) is 2.21. The zero-order valence-electron chi connectivity index (χ0n) is 6.99. The maximum absolute atomic E-state index is 7.62. The molecule has 0 saturated carbocycles. The summed E-state index contributed by atoms with van der Waals surface area (Å²) in [4.78, 5) is 4.16. The van der Waals surface area contributed by atoms with Gasteiger partial charge in [-0.1, -0.05) is 11.8 Å². The van der Waals surface area contributed by atoms with Crippen LogP contribution in [-0.2, 0) is 6.54 Å². The second-order valence-corrected chi connectivity index (χ2v) is 3.76. The monoisotopic (exact) mass is 262 g/mol.